The third kappa shape index (κ3) is 4.65. The first-order chi connectivity index (χ1) is 11.1. The molecular formula is C15H17FN4OS2. The van der Waals surface area contributed by atoms with Gasteiger partial charge in [0.2, 0.25) is 11.0 Å². The molecule has 1 fully saturated rings. The SMILES string of the molecule is CC(Sc1nnc(NC2CC2)s1)C(=O)NCc1ccccc1F. The molecule has 1 aliphatic rings. The van der Waals surface area contributed by atoms with Gasteiger partial charge in [-0.05, 0) is 25.8 Å². The van der Waals surface area contributed by atoms with Crippen LogP contribution in [0.1, 0.15) is 25.3 Å². The fraction of sp³-hybridized carbons (Fsp3) is 0.400. The molecule has 0 saturated heterocycles. The van der Waals surface area contributed by atoms with Crippen LogP contribution in [-0.4, -0.2) is 27.4 Å². The van der Waals surface area contributed by atoms with Crippen LogP contribution in [0.4, 0.5) is 9.52 Å². The Morgan fingerprint density at radius 1 is 1.43 bits per heavy atom. The number of aromatic nitrogens is 2. The average molecular weight is 352 g/mol. The maximum absolute atomic E-state index is 13.5. The molecule has 1 heterocycles. The van der Waals surface area contributed by atoms with Gasteiger partial charge in [0.25, 0.3) is 0 Å². The van der Waals surface area contributed by atoms with Gasteiger partial charge in [-0.15, -0.1) is 10.2 Å². The second-order valence-corrected chi connectivity index (χ2v) is 7.93. The van der Waals surface area contributed by atoms with E-state index in [0.29, 0.717) is 11.6 Å². The van der Waals surface area contributed by atoms with Crippen molar-refractivity contribution < 1.29 is 9.18 Å². The number of carbonyl (C=O) groups is 1. The van der Waals surface area contributed by atoms with Crippen LogP contribution in [0.2, 0.25) is 0 Å². The number of carbonyl (C=O) groups excluding carboxylic acids is 1. The highest BCUT2D eigenvalue weighted by molar-refractivity contribution is 8.02. The Hall–Kier alpha value is -1.67. The fourth-order valence-electron chi connectivity index (χ4n) is 1.89. The van der Waals surface area contributed by atoms with Crippen LogP contribution < -0.4 is 10.6 Å². The molecule has 2 N–H and O–H groups in total. The summed E-state index contributed by atoms with van der Waals surface area (Å²) in [5, 5.41) is 14.7. The zero-order valence-corrected chi connectivity index (χ0v) is 14.2. The molecule has 8 heteroatoms. The molecule has 1 aromatic carbocycles. The van der Waals surface area contributed by atoms with Gasteiger partial charge in [-0.3, -0.25) is 4.79 Å². The van der Waals surface area contributed by atoms with Gasteiger partial charge in [0.1, 0.15) is 5.82 Å². The largest absolute Gasteiger partial charge is 0.357 e. The molecule has 0 radical (unpaired) electrons. The Bertz CT molecular complexity index is 690. The summed E-state index contributed by atoms with van der Waals surface area (Å²) in [5.74, 6) is -0.460. The Morgan fingerprint density at radius 2 is 2.22 bits per heavy atom. The molecule has 2 aromatic rings. The van der Waals surface area contributed by atoms with Crippen LogP contribution in [0.5, 0.6) is 0 Å². The van der Waals surface area contributed by atoms with E-state index in [9.17, 15) is 9.18 Å². The highest BCUT2D eigenvalue weighted by atomic mass is 32.2. The van der Waals surface area contributed by atoms with E-state index in [1.807, 2.05) is 0 Å². The summed E-state index contributed by atoms with van der Waals surface area (Å²) in [7, 11) is 0. The van der Waals surface area contributed by atoms with Gasteiger partial charge < -0.3 is 10.6 Å². The summed E-state index contributed by atoms with van der Waals surface area (Å²) in [5.41, 5.74) is 0.477. The molecule has 1 aliphatic carbocycles. The number of anilines is 1. The van der Waals surface area contributed by atoms with E-state index in [1.54, 1.807) is 25.1 Å². The predicted molar refractivity (Wildman–Crippen MR) is 90.1 cm³/mol. The minimum Gasteiger partial charge on any atom is -0.357 e. The molecule has 0 bridgehead atoms. The van der Waals surface area contributed by atoms with Crippen LogP contribution in [0.25, 0.3) is 0 Å². The standard InChI is InChI=1S/C15H17FN4OS2/c1-9(13(21)17-8-10-4-2-3-5-12(10)16)22-15-20-19-14(23-15)18-11-6-7-11/h2-5,9,11H,6-8H2,1H3,(H,17,21)(H,18,19). The van der Waals surface area contributed by atoms with E-state index < -0.39 is 0 Å². The summed E-state index contributed by atoms with van der Waals surface area (Å²) < 4.78 is 14.3. The maximum Gasteiger partial charge on any atom is 0.233 e. The van der Waals surface area contributed by atoms with E-state index in [-0.39, 0.29) is 23.5 Å². The number of amides is 1. The van der Waals surface area contributed by atoms with Gasteiger partial charge in [-0.1, -0.05) is 41.3 Å². The van der Waals surface area contributed by atoms with Crippen molar-refractivity contribution in [3.8, 4) is 0 Å². The molecule has 0 aliphatic heterocycles. The van der Waals surface area contributed by atoms with Gasteiger partial charge in [-0.2, -0.15) is 0 Å². The summed E-state index contributed by atoms with van der Waals surface area (Å²) in [6, 6.07) is 6.95. The summed E-state index contributed by atoms with van der Waals surface area (Å²) >= 11 is 2.81. The molecule has 1 saturated carbocycles. The lowest BCUT2D eigenvalue weighted by molar-refractivity contribution is -0.120. The Balaban J connectivity index is 1.49. The van der Waals surface area contributed by atoms with Gasteiger partial charge in [-0.25, -0.2) is 4.39 Å². The van der Waals surface area contributed by atoms with Gasteiger partial charge in [0.05, 0.1) is 5.25 Å². The minimum atomic E-state index is -0.316. The predicted octanol–water partition coefficient (Wildman–Crippen LogP) is 3.05. The highest BCUT2D eigenvalue weighted by Crippen LogP contribution is 2.32. The van der Waals surface area contributed by atoms with Crippen LogP contribution in [0.15, 0.2) is 28.6 Å². The zero-order chi connectivity index (χ0) is 16.2. The number of benzene rings is 1. The fourth-order valence-corrected chi connectivity index (χ4v) is 3.89. The van der Waals surface area contributed by atoms with Crippen LogP contribution in [0.3, 0.4) is 0 Å². The number of halogens is 1. The molecule has 1 atom stereocenters. The van der Waals surface area contributed by atoms with E-state index >= 15 is 0 Å². The van der Waals surface area contributed by atoms with Crippen molar-refractivity contribution in [2.45, 2.75) is 41.9 Å². The summed E-state index contributed by atoms with van der Waals surface area (Å²) in [6.07, 6.45) is 2.35. The number of nitrogens with zero attached hydrogens (tertiary/aromatic N) is 2. The van der Waals surface area contributed by atoms with Crippen molar-refractivity contribution >= 4 is 34.1 Å². The number of hydrogen-bond donors (Lipinski definition) is 2. The lowest BCUT2D eigenvalue weighted by Gasteiger charge is -2.10. The Kier molecular flexibility index (Phi) is 5.12. The van der Waals surface area contributed by atoms with E-state index in [0.717, 1.165) is 9.47 Å². The first kappa shape index (κ1) is 16.2. The van der Waals surface area contributed by atoms with E-state index in [2.05, 4.69) is 20.8 Å². The van der Waals surface area contributed by atoms with Crippen molar-refractivity contribution in [1.82, 2.24) is 15.5 Å². The van der Waals surface area contributed by atoms with Crippen molar-refractivity contribution in [2.24, 2.45) is 0 Å². The highest BCUT2D eigenvalue weighted by Gasteiger charge is 2.23. The van der Waals surface area contributed by atoms with Crippen LogP contribution >= 0.6 is 23.1 Å². The van der Waals surface area contributed by atoms with Gasteiger partial charge in [0, 0.05) is 18.2 Å². The van der Waals surface area contributed by atoms with Crippen molar-refractivity contribution in [2.75, 3.05) is 5.32 Å². The van der Waals surface area contributed by atoms with Crippen molar-refractivity contribution in [3.05, 3.63) is 35.6 Å². The normalized spacial score (nSPS) is 15.2. The summed E-state index contributed by atoms with van der Waals surface area (Å²) in [6.45, 7) is 1.98. The van der Waals surface area contributed by atoms with Gasteiger partial charge in [0.15, 0.2) is 4.34 Å². The number of nitrogens with one attached hydrogen (secondary N) is 2. The smallest absolute Gasteiger partial charge is 0.233 e. The maximum atomic E-state index is 13.5. The summed E-state index contributed by atoms with van der Waals surface area (Å²) in [4.78, 5) is 12.1. The number of thioether (sulfide) groups is 1. The quantitative estimate of drug-likeness (QED) is 0.750. The Morgan fingerprint density at radius 3 is 2.96 bits per heavy atom. The monoisotopic (exact) mass is 352 g/mol. The van der Waals surface area contributed by atoms with Crippen LogP contribution in [-0.2, 0) is 11.3 Å². The molecular weight excluding hydrogens is 335 g/mol. The van der Waals surface area contributed by atoms with Crippen molar-refractivity contribution in [1.29, 1.82) is 0 Å². The second-order valence-electron chi connectivity index (χ2n) is 5.36. The van der Waals surface area contributed by atoms with E-state index in [1.165, 1.54) is 42.0 Å². The van der Waals surface area contributed by atoms with Crippen LogP contribution in [0, 0.1) is 5.82 Å². The molecule has 3 rings (SSSR count). The molecule has 1 aromatic heterocycles. The van der Waals surface area contributed by atoms with Gasteiger partial charge >= 0.3 is 0 Å². The Labute approximate surface area is 142 Å². The zero-order valence-electron chi connectivity index (χ0n) is 12.6. The lowest BCUT2D eigenvalue weighted by atomic mass is 10.2. The third-order valence-corrected chi connectivity index (χ3v) is 5.41. The number of rotatable bonds is 7. The molecule has 122 valence electrons. The lowest BCUT2D eigenvalue weighted by Crippen LogP contribution is -2.30. The van der Waals surface area contributed by atoms with Crippen molar-refractivity contribution in [3.63, 3.8) is 0 Å². The molecule has 23 heavy (non-hydrogen) atoms. The number of hydrogen-bond acceptors (Lipinski definition) is 6. The molecule has 0 spiro atoms. The first-order valence-corrected chi connectivity index (χ1v) is 9.09. The minimum absolute atomic E-state index is 0.148. The third-order valence-electron chi connectivity index (χ3n) is 3.37. The molecule has 1 unspecified atom stereocenters. The molecule has 1 amide bonds. The molecule has 5 nitrogen and oxygen atoms in total. The second kappa shape index (κ2) is 7.27. The first-order valence-electron chi connectivity index (χ1n) is 7.39. The van der Waals surface area contributed by atoms with E-state index in [4.69, 9.17) is 0 Å². The average Bonchev–Trinajstić information content (AvgIpc) is 3.24. The topological polar surface area (TPSA) is 66.9 Å².